The maximum Gasteiger partial charge on any atom is 0.317 e. The van der Waals surface area contributed by atoms with Gasteiger partial charge in [-0.2, -0.15) is 0 Å². The van der Waals surface area contributed by atoms with E-state index in [0.29, 0.717) is 13.2 Å². The van der Waals surface area contributed by atoms with Crippen LogP contribution < -0.4 is 5.32 Å². The minimum Gasteiger partial charge on any atom is -0.389 e. The van der Waals surface area contributed by atoms with Crippen LogP contribution in [0, 0.1) is 0 Å². The Kier molecular flexibility index (Phi) is 6.36. The van der Waals surface area contributed by atoms with Gasteiger partial charge in [-0.1, -0.05) is 6.92 Å². The number of urea groups is 1. The van der Waals surface area contributed by atoms with Crippen LogP contribution in [-0.4, -0.2) is 55.0 Å². The number of rotatable bonds is 6. The van der Waals surface area contributed by atoms with Gasteiger partial charge in [0.25, 0.3) is 0 Å². The van der Waals surface area contributed by atoms with Crippen LogP contribution in [0.25, 0.3) is 0 Å². The molecule has 5 nitrogen and oxygen atoms in total. The van der Waals surface area contributed by atoms with Crippen molar-refractivity contribution in [1.82, 2.24) is 10.2 Å². The Morgan fingerprint density at radius 2 is 2.12 bits per heavy atom. The van der Waals surface area contributed by atoms with Gasteiger partial charge in [0, 0.05) is 14.2 Å². The normalized spacial score (nSPS) is 13.4. The lowest BCUT2D eigenvalue weighted by molar-refractivity contribution is 0.0520. The zero-order chi connectivity index (χ0) is 12.8. The van der Waals surface area contributed by atoms with Crippen LogP contribution in [0.4, 0.5) is 4.79 Å². The molecule has 0 spiro atoms. The first kappa shape index (κ1) is 15.2. The highest BCUT2D eigenvalue weighted by molar-refractivity contribution is 5.74. The summed E-state index contributed by atoms with van der Waals surface area (Å²) in [7, 11) is 3.27. The summed E-state index contributed by atoms with van der Waals surface area (Å²) in [5, 5.41) is 12.4. The van der Waals surface area contributed by atoms with Crippen molar-refractivity contribution in [2.45, 2.75) is 38.8 Å². The Morgan fingerprint density at radius 3 is 2.50 bits per heavy atom. The van der Waals surface area contributed by atoms with Crippen molar-refractivity contribution < 1.29 is 14.6 Å². The first-order chi connectivity index (χ1) is 7.30. The van der Waals surface area contributed by atoms with Crippen molar-refractivity contribution in [2.75, 3.05) is 27.3 Å². The molecule has 0 aliphatic carbocycles. The fraction of sp³-hybridized carbons (Fsp3) is 0.909. The van der Waals surface area contributed by atoms with E-state index >= 15 is 0 Å². The molecule has 0 bridgehead atoms. The van der Waals surface area contributed by atoms with Crippen LogP contribution in [-0.2, 0) is 4.74 Å². The number of nitrogens with zero attached hydrogens (tertiary/aromatic N) is 1. The molecular weight excluding hydrogens is 208 g/mol. The summed E-state index contributed by atoms with van der Waals surface area (Å²) < 4.78 is 4.99. The Morgan fingerprint density at radius 1 is 1.56 bits per heavy atom. The number of ether oxygens (including phenoxy) is 1. The summed E-state index contributed by atoms with van der Waals surface area (Å²) in [6.07, 6.45) is 0.815. The molecule has 1 unspecified atom stereocenters. The van der Waals surface area contributed by atoms with Crippen LogP contribution in [0.2, 0.25) is 0 Å². The van der Waals surface area contributed by atoms with E-state index in [0.717, 1.165) is 6.42 Å². The Labute approximate surface area is 97.8 Å². The Bertz CT molecular complexity index is 214. The van der Waals surface area contributed by atoms with Gasteiger partial charge in [-0.3, -0.25) is 0 Å². The number of carbonyl (C=O) groups excluding carboxylic acids is 1. The van der Waals surface area contributed by atoms with Crippen LogP contribution in [0.15, 0.2) is 0 Å². The van der Waals surface area contributed by atoms with E-state index in [9.17, 15) is 9.90 Å². The summed E-state index contributed by atoms with van der Waals surface area (Å²) in [6, 6.07) is -0.173. The molecule has 2 amide bonds. The van der Waals surface area contributed by atoms with E-state index in [1.807, 2.05) is 6.92 Å². The fourth-order valence-corrected chi connectivity index (χ4v) is 1.40. The summed E-state index contributed by atoms with van der Waals surface area (Å²) in [6.45, 7) is 6.12. The van der Waals surface area contributed by atoms with Crippen LogP contribution in [0.5, 0.6) is 0 Å². The van der Waals surface area contributed by atoms with Crippen molar-refractivity contribution in [2.24, 2.45) is 0 Å². The highest BCUT2D eigenvalue weighted by Gasteiger charge is 2.20. The van der Waals surface area contributed by atoms with Gasteiger partial charge in [-0.15, -0.1) is 0 Å². The van der Waals surface area contributed by atoms with Crippen LogP contribution in [0.3, 0.4) is 0 Å². The van der Waals surface area contributed by atoms with Crippen LogP contribution in [0.1, 0.15) is 27.2 Å². The van der Waals surface area contributed by atoms with E-state index in [1.165, 1.54) is 4.90 Å². The van der Waals surface area contributed by atoms with Gasteiger partial charge in [0.2, 0.25) is 0 Å². The van der Waals surface area contributed by atoms with E-state index < -0.39 is 5.60 Å². The summed E-state index contributed by atoms with van der Waals surface area (Å²) in [5.41, 5.74) is -0.880. The summed E-state index contributed by atoms with van der Waals surface area (Å²) in [5.74, 6) is 0. The van der Waals surface area contributed by atoms with Crippen molar-refractivity contribution in [1.29, 1.82) is 0 Å². The topological polar surface area (TPSA) is 61.8 Å². The molecule has 0 aliphatic rings. The van der Waals surface area contributed by atoms with Crippen molar-refractivity contribution in [3.63, 3.8) is 0 Å². The molecule has 0 radical (unpaired) electrons. The molecule has 0 saturated carbocycles. The molecule has 0 saturated heterocycles. The molecule has 0 aliphatic heterocycles. The SMILES string of the molecule is CCC(COC)NC(=O)N(C)CC(C)(C)O. The van der Waals surface area contributed by atoms with E-state index in [1.54, 1.807) is 28.0 Å². The predicted molar refractivity (Wildman–Crippen MR) is 63.4 cm³/mol. The molecule has 0 fully saturated rings. The van der Waals surface area contributed by atoms with Gasteiger partial charge in [-0.25, -0.2) is 4.79 Å². The molecule has 0 heterocycles. The number of hydrogen-bond donors (Lipinski definition) is 2. The fourth-order valence-electron chi connectivity index (χ4n) is 1.40. The molecular formula is C11H24N2O3. The number of methoxy groups -OCH3 is 1. The second-order valence-electron chi connectivity index (χ2n) is 4.68. The lowest BCUT2D eigenvalue weighted by Crippen LogP contribution is -2.48. The summed E-state index contributed by atoms with van der Waals surface area (Å²) in [4.78, 5) is 13.2. The molecule has 2 N–H and O–H groups in total. The maximum absolute atomic E-state index is 11.7. The molecule has 96 valence electrons. The van der Waals surface area contributed by atoms with Crippen molar-refractivity contribution >= 4 is 6.03 Å². The third kappa shape index (κ3) is 6.63. The lowest BCUT2D eigenvalue weighted by Gasteiger charge is -2.27. The zero-order valence-corrected chi connectivity index (χ0v) is 10.9. The second-order valence-corrected chi connectivity index (χ2v) is 4.68. The minimum atomic E-state index is -0.880. The number of nitrogens with one attached hydrogen (secondary N) is 1. The van der Waals surface area contributed by atoms with Gasteiger partial charge >= 0.3 is 6.03 Å². The van der Waals surface area contributed by atoms with Gasteiger partial charge in [0.05, 0.1) is 24.8 Å². The van der Waals surface area contributed by atoms with Crippen molar-refractivity contribution in [3.05, 3.63) is 0 Å². The predicted octanol–water partition coefficient (Wildman–Crippen LogP) is 0.824. The highest BCUT2D eigenvalue weighted by Crippen LogP contribution is 2.03. The molecule has 0 aromatic rings. The zero-order valence-electron chi connectivity index (χ0n) is 10.9. The molecule has 5 heteroatoms. The molecule has 16 heavy (non-hydrogen) atoms. The largest absolute Gasteiger partial charge is 0.389 e. The Hall–Kier alpha value is -0.810. The smallest absolute Gasteiger partial charge is 0.317 e. The second kappa shape index (κ2) is 6.70. The van der Waals surface area contributed by atoms with Gasteiger partial charge in [-0.05, 0) is 20.3 Å². The van der Waals surface area contributed by atoms with E-state index in [4.69, 9.17) is 4.74 Å². The maximum atomic E-state index is 11.7. The third-order valence-corrected chi connectivity index (χ3v) is 2.16. The lowest BCUT2D eigenvalue weighted by atomic mass is 10.1. The van der Waals surface area contributed by atoms with Gasteiger partial charge in [0.1, 0.15) is 0 Å². The quantitative estimate of drug-likeness (QED) is 0.713. The van der Waals surface area contributed by atoms with Crippen molar-refractivity contribution in [3.8, 4) is 0 Å². The average Bonchev–Trinajstić information content (AvgIpc) is 2.14. The van der Waals surface area contributed by atoms with Gasteiger partial charge in [0.15, 0.2) is 0 Å². The third-order valence-electron chi connectivity index (χ3n) is 2.16. The minimum absolute atomic E-state index is 0.0155. The van der Waals surface area contributed by atoms with Crippen LogP contribution >= 0.6 is 0 Å². The monoisotopic (exact) mass is 232 g/mol. The van der Waals surface area contributed by atoms with Gasteiger partial charge < -0.3 is 20.1 Å². The first-order valence-corrected chi connectivity index (χ1v) is 5.53. The first-order valence-electron chi connectivity index (χ1n) is 5.53. The number of hydrogen-bond acceptors (Lipinski definition) is 3. The number of amides is 2. The molecule has 0 aromatic heterocycles. The summed E-state index contributed by atoms with van der Waals surface area (Å²) >= 11 is 0. The Balaban J connectivity index is 4.13. The number of carbonyl (C=O) groups is 1. The van der Waals surface area contributed by atoms with E-state index in [2.05, 4.69) is 5.32 Å². The standard InChI is InChI=1S/C11H24N2O3/c1-6-9(7-16-5)12-10(14)13(4)8-11(2,3)15/h9,15H,6-8H2,1-5H3,(H,12,14). The van der Waals surface area contributed by atoms with E-state index in [-0.39, 0.29) is 12.1 Å². The average molecular weight is 232 g/mol. The number of aliphatic hydroxyl groups is 1. The molecule has 0 rings (SSSR count). The highest BCUT2D eigenvalue weighted by atomic mass is 16.5. The molecule has 0 aromatic carbocycles. The number of likely N-dealkylation sites (N-methyl/N-ethyl adjacent to an activating group) is 1. The molecule has 1 atom stereocenters.